The van der Waals surface area contributed by atoms with Gasteiger partial charge in [0.2, 0.25) is 5.82 Å². The number of benzene rings is 4. The van der Waals surface area contributed by atoms with Crippen LogP contribution in [-0.2, 0) is 18.7 Å². The van der Waals surface area contributed by atoms with Crippen molar-refractivity contribution in [3.63, 3.8) is 0 Å². The molecule has 0 aromatic heterocycles. The third kappa shape index (κ3) is 5.16. The lowest BCUT2D eigenvalue weighted by Gasteiger charge is -2.21. The van der Waals surface area contributed by atoms with E-state index < -0.39 is 85.6 Å². The number of aryl methyl sites for hydroxylation is 1. The summed E-state index contributed by atoms with van der Waals surface area (Å²) in [4.78, 5) is 0. The molecule has 0 aliphatic heterocycles. The van der Waals surface area contributed by atoms with Gasteiger partial charge >= 0.3 is 12.3 Å². The maximum atomic E-state index is 15.0. The van der Waals surface area contributed by atoms with Crippen LogP contribution in [0, 0.1) is 34.9 Å². The molecule has 0 bridgehead atoms. The molecule has 40 heavy (non-hydrogen) atoms. The lowest BCUT2D eigenvalue weighted by atomic mass is 10.00. The smallest absolute Gasteiger partial charge is 0.426 e. The highest BCUT2D eigenvalue weighted by Gasteiger charge is 2.40. The molecule has 13 heteroatoms. The average molecular weight is 599 g/mol. The minimum Gasteiger partial charge on any atom is -0.426 e. The van der Waals surface area contributed by atoms with Crippen LogP contribution in [0.25, 0.3) is 21.9 Å². The highest BCUT2D eigenvalue weighted by atomic mass is 35.5. The molecular weight excluding hydrogens is 585 g/mol. The van der Waals surface area contributed by atoms with Gasteiger partial charge in [0, 0.05) is 10.9 Å². The fourth-order valence-corrected chi connectivity index (χ4v) is 4.50. The fourth-order valence-electron chi connectivity index (χ4n) is 4.14. The van der Waals surface area contributed by atoms with Gasteiger partial charge in [-0.15, -0.1) is 0 Å². The largest absolute Gasteiger partial charge is 0.428 e. The Hall–Kier alpha value is -3.54. The molecule has 0 radical (unpaired) electrons. The lowest BCUT2D eigenvalue weighted by molar-refractivity contribution is -0.186. The van der Waals surface area contributed by atoms with Crippen molar-refractivity contribution in [2.24, 2.45) is 0 Å². The molecule has 4 aromatic carbocycles. The summed E-state index contributed by atoms with van der Waals surface area (Å²) in [6.07, 6.45) is -9.35. The van der Waals surface area contributed by atoms with Gasteiger partial charge in [-0.2, -0.15) is 26.3 Å². The molecule has 0 amide bonds. The van der Waals surface area contributed by atoms with E-state index in [-0.39, 0.29) is 29.5 Å². The van der Waals surface area contributed by atoms with Crippen LogP contribution in [0.4, 0.5) is 48.3 Å². The van der Waals surface area contributed by atoms with E-state index in [0.717, 1.165) is 6.07 Å². The summed E-state index contributed by atoms with van der Waals surface area (Å²) in [5, 5.41) is -1.67. The summed E-state index contributed by atoms with van der Waals surface area (Å²) in [5.41, 5.74) is -5.33. The van der Waals surface area contributed by atoms with Crippen LogP contribution in [0.15, 0.2) is 42.5 Å². The van der Waals surface area contributed by atoms with Gasteiger partial charge in [0.05, 0.1) is 10.6 Å². The Morgan fingerprint density at radius 1 is 0.750 bits per heavy atom. The molecule has 0 saturated heterocycles. The van der Waals surface area contributed by atoms with Gasteiger partial charge in [-0.25, -0.2) is 22.0 Å². The predicted octanol–water partition coefficient (Wildman–Crippen LogP) is 10.1. The lowest BCUT2D eigenvalue weighted by Crippen LogP contribution is -2.23. The number of alkyl halides is 5. The first-order chi connectivity index (χ1) is 18.6. The molecule has 0 aliphatic rings. The molecule has 212 valence electrons. The molecule has 4 rings (SSSR count). The second-order valence-corrected chi connectivity index (χ2v) is 8.99. The Morgan fingerprint density at radius 2 is 1.38 bits per heavy atom. The summed E-state index contributed by atoms with van der Waals surface area (Å²) in [7, 11) is 0. The van der Waals surface area contributed by atoms with E-state index >= 15 is 8.78 Å². The summed E-state index contributed by atoms with van der Waals surface area (Å²) in [6.45, 7) is 1.71. The Kier molecular flexibility index (Phi) is 7.70. The Morgan fingerprint density at radius 3 is 1.95 bits per heavy atom. The first-order valence-electron chi connectivity index (χ1n) is 11.3. The topological polar surface area (TPSA) is 9.23 Å². The van der Waals surface area contributed by atoms with Gasteiger partial charge in [0.25, 0.3) is 0 Å². The maximum absolute atomic E-state index is 15.0. The van der Waals surface area contributed by atoms with Gasteiger partial charge < -0.3 is 4.74 Å². The number of hydrogen-bond donors (Lipinski definition) is 0. The van der Waals surface area contributed by atoms with E-state index in [0.29, 0.717) is 24.6 Å². The molecule has 0 heterocycles. The zero-order valence-electron chi connectivity index (χ0n) is 19.9. The molecule has 0 N–H and O–H groups in total. The van der Waals surface area contributed by atoms with E-state index in [4.69, 9.17) is 11.6 Å². The quantitative estimate of drug-likeness (QED) is 0.201. The van der Waals surface area contributed by atoms with Crippen LogP contribution in [0.3, 0.4) is 0 Å². The monoisotopic (exact) mass is 598 g/mol. The van der Waals surface area contributed by atoms with Crippen molar-refractivity contribution < 1.29 is 53.0 Å². The van der Waals surface area contributed by atoms with E-state index in [1.807, 2.05) is 0 Å². The number of halogens is 12. The molecular formula is C27H14ClF11O. The minimum atomic E-state index is -5.42. The molecule has 0 spiro atoms. The number of hydrogen-bond acceptors (Lipinski definition) is 1. The number of ether oxygens (including phenoxy) is 1. The third-order valence-corrected chi connectivity index (χ3v) is 6.35. The average Bonchev–Trinajstić information content (AvgIpc) is 2.83. The van der Waals surface area contributed by atoms with Crippen molar-refractivity contribution in [1.82, 2.24) is 0 Å². The fraction of sp³-hybridized carbons (Fsp3) is 0.185. The molecule has 1 nitrogen and oxygen atoms in total. The number of fused-ring (bicyclic) bond motifs is 1. The van der Waals surface area contributed by atoms with Crippen LogP contribution in [-0.4, -0.2) is 0 Å². The normalized spacial score (nSPS) is 12.3. The Balaban J connectivity index is 1.73. The third-order valence-electron chi connectivity index (χ3n) is 5.95. The van der Waals surface area contributed by atoms with Gasteiger partial charge in [0.1, 0.15) is 17.2 Å². The second-order valence-electron chi connectivity index (χ2n) is 8.61. The van der Waals surface area contributed by atoms with E-state index in [1.54, 1.807) is 6.92 Å². The zero-order valence-corrected chi connectivity index (χ0v) is 20.7. The molecule has 0 atom stereocenters. The van der Waals surface area contributed by atoms with E-state index in [2.05, 4.69) is 4.74 Å². The summed E-state index contributed by atoms with van der Waals surface area (Å²) >= 11 is 5.96. The van der Waals surface area contributed by atoms with Gasteiger partial charge in [-0.1, -0.05) is 31.0 Å². The van der Waals surface area contributed by atoms with Gasteiger partial charge in [0.15, 0.2) is 23.2 Å². The van der Waals surface area contributed by atoms with Crippen molar-refractivity contribution in [1.29, 1.82) is 0 Å². The Labute approximate surface area is 223 Å². The molecule has 0 fully saturated rings. The highest BCUT2D eigenvalue weighted by molar-refractivity contribution is 6.36. The van der Waals surface area contributed by atoms with Gasteiger partial charge in [-0.05, 0) is 59.3 Å². The van der Waals surface area contributed by atoms with Gasteiger partial charge in [-0.3, -0.25) is 0 Å². The van der Waals surface area contributed by atoms with Crippen LogP contribution in [0.2, 0.25) is 5.02 Å². The van der Waals surface area contributed by atoms with E-state index in [9.17, 15) is 39.5 Å². The predicted molar refractivity (Wildman–Crippen MR) is 124 cm³/mol. The second kappa shape index (κ2) is 10.5. The van der Waals surface area contributed by atoms with Crippen molar-refractivity contribution in [2.45, 2.75) is 32.1 Å². The first kappa shape index (κ1) is 29.4. The minimum absolute atomic E-state index is 0.00947. The van der Waals surface area contributed by atoms with Crippen molar-refractivity contribution in [2.75, 3.05) is 0 Å². The standard InChI is InChI=1S/C27H14ClF11O/c1-2-3-12-8-11-4-6-15(21(28)19(11)25(34)22(12)31)27(38,39)40-18-7-5-14(23(32)24(18)33)13-9-16(29)20(17(30)10-13)26(35,36)37/h4-10H,2-3H2,1H3. The van der Waals surface area contributed by atoms with Crippen LogP contribution in [0.1, 0.15) is 30.0 Å². The van der Waals surface area contributed by atoms with Crippen LogP contribution < -0.4 is 4.74 Å². The Bertz CT molecular complexity index is 1610. The van der Waals surface area contributed by atoms with Crippen molar-refractivity contribution in [3.8, 4) is 16.9 Å². The highest BCUT2D eigenvalue weighted by Crippen LogP contribution is 2.43. The molecule has 0 saturated carbocycles. The number of rotatable bonds is 6. The van der Waals surface area contributed by atoms with Crippen LogP contribution >= 0.6 is 11.6 Å². The maximum Gasteiger partial charge on any atom is 0.428 e. The summed E-state index contributed by atoms with van der Waals surface area (Å²) in [6, 6.07) is 4.10. The molecule has 0 aliphatic carbocycles. The molecule has 0 unspecified atom stereocenters. The van der Waals surface area contributed by atoms with Crippen LogP contribution in [0.5, 0.6) is 5.75 Å². The zero-order chi connectivity index (χ0) is 29.7. The SMILES string of the molecule is CCCc1cc2ccc(C(F)(F)Oc3ccc(-c4cc(F)c(C(F)(F)F)c(F)c4)c(F)c3F)c(Cl)c2c(F)c1F. The van der Waals surface area contributed by atoms with Crippen molar-refractivity contribution in [3.05, 3.63) is 99.1 Å². The first-order valence-corrected chi connectivity index (χ1v) is 11.7. The van der Waals surface area contributed by atoms with E-state index in [1.165, 1.54) is 6.07 Å². The summed E-state index contributed by atoms with van der Waals surface area (Å²) in [5.74, 6) is -12.5. The van der Waals surface area contributed by atoms with Crippen molar-refractivity contribution >= 4 is 22.4 Å². The summed E-state index contributed by atoms with van der Waals surface area (Å²) < 4.78 is 159. The molecule has 4 aromatic rings.